The van der Waals surface area contributed by atoms with Gasteiger partial charge in [-0.3, -0.25) is 4.79 Å². The van der Waals surface area contributed by atoms with Crippen LogP contribution in [0.2, 0.25) is 0 Å². The van der Waals surface area contributed by atoms with Gasteiger partial charge in [0.1, 0.15) is 23.0 Å². The van der Waals surface area contributed by atoms with Crippen LogP contribution < -0.4 is 4.74 Å². The summed E-state index contributed by atoms with van der Waals surface area (Å²) in [6.45, 7) is 3.56. The molecule has 3 fully saturated rings. The van der Waals surface area contributed by atoms with Crippen molar-refractivity contribution in [1.29, 1.82) is 0 Å². The number of rotatable bonds is 6. The Morgan fingerprint density at radius 2 is 1.56 bits per heavy atom. The lowest BCUT2D eigenvalue weighted by Crippen LogP contribution is -2.46. The van der Waals surface area contributed by atoms with Crippen LogP contribution in [0.15, 0.2) is 42.6 Å². The number of halogens is 3. The highest BCUT2D eigenvalue weighted by Crippen LogP contribution is 2.43. The van der Waals surface area contributed by atoms with Crippen LogP contribution in [0, 0.1) is 0 Å². The minimum Gasteiger partial charge on any atom is -0.493 e. The molecule has 1 amide bonds. The fraction of sp³-hybridized carbons (Fsp3) is 0.464. The summed E-state index contributed by atoms with van der Waals surface area (Å²) in [6, 6.07) is 9.24. The van der Waals surface area contributed by atoms with Crippen molar-refractivity contribution in [1.82, 2.24) is 24.3 Å². The van der Waals surface area contributed by atoms with E-state index in [-0.39, 0.29) is 23.6 Å². The monoisotopic (exact) mass is 541 g/mol. The third kappa shape index (κ3) is 5.45. The fourth-order valence-electron chi connectivity index (χ4n) is 5.75. The maximum atomic E-state index is 14.1. The van der Waals surface area contributed by atoms with Gasteiger partial charge in [0, 0.05) is 48.6 Å². The second-order valence-corrected chi connectivity index (χ2v) is 10.5. The van der Waals surface area contributed by atoms with Gasteiger partial charge in [-0.25, -0.2) is 9.97 Å². The zero-order valence-electron chi connectivity index (χ0n) is 21.4. The summed E-state index contributed by atoms with van der Waals surface area (Å²) in [5.41, 5.74) is 2.07. The Bertz CT molecular complexity index is 1320. The van der Waals surface area contributed by atoms with Crippen LogP contribution in [0.3, 0.4) is 0 Å². The molecule has 11 heteroatoms. The summed E-state index contributed by atoms with van der Waals surface area (Å²) in [5, 5.41) is 9.74. The molecule has 39 heavy (non-hydrogen) atoms. The van der Waals surface area contributed by atoms with Crippen molar-refractivity contribution in [2.75, 3.05) is 26.2 Å². The Labute approximate surface area is 224 Å². The van der Waals surface area contributed by atoms with Gasteiger partial charge in [-0.1, -0.05) is 0 Å². The maximum Gasteiger partial charge on any atom is 0.573 e. The number of hydrogen-bond acceptors (Lipinski definition) is 6. The molecule has 8 nitrogen and oxygen atoms in total. The SMILES string of the molecule is O=C(c1c(-c2ccc(O)nc2)nc(-c2ccc(OC(F)(F)F)cc2)n1C1CC1)N1CCC(N2CCCC2)CC1. The molecule has 3 aromatic rings. The van der Waals surface area contributed by atoms with Crippen LogP contribution >= 0.6 is 0 Å². The fourth-order valence-corrected chi connectivity index (χ4v) is 5.75. The number of hydrogen-bond donors (Lipinski definition) is 1. The third-order valence-electron chi connectivity index (χ3n) is 7.80. The van der Waals surface area contributed by atoms with Crippen molar-refractivity contribution in [3.8, 4) is 34.3 Å². The Morgan fingerprint density at radius 3 is 2.15 bits per heavy atom. The number of amides is 1. The summed E-state index contributed by atoms with van der Waals surface area (Å²) in [7, 11) is 0. The minimum absolute atomic E-state index is 0.0681. The molecular formula is C28H30F3N5O3. The average Bonchev–Trinajstić information content (AvgIpc) is 3.45. The van der Waals surface area contributed by atoms with Gasteiger partial charge >= 0.3 is 6.36 Å². The van der Waals surface area contributed by atoms with Gasteiger partial charge in [-0.05, 0) is 81.9 Å². The number of likely N-dealkylation sites (tertiary alicyclic amines) is 2. The van der Waals surface area contributed by atoms with Crippen LogP contribution in [-0.2, 0) is 0 Å². The van der Waals surface area contributed by atoms with Gasteiger partial charge in [-0.15, -0.1) is 13.2 Å². The molecule has 1 N–H and O–H groups in total. The maximum absolute atomic E-state index is 14.1. The zero-order valence-corrected chi connectivity index (χ0v) is 21.4. The van der Waals surface area contributed by atoms with Crippen molar-refractivity contribution in [2.45, 2.75) is 57.0 Å². The number of aromatic nitrogens is 3. The van der Waals surface area contributed by atoms with Crippen molar-refractivity contribution < 1.29 is 27.8 Å². The Morgan fingerprint density at radius 1 is 0.897 bits per heavy atom. The highest BCUT2D eigenvalue weighted by molar-refractivity contribution is 5.99. The van der Waals surface area contributed by atoms with E-state index in [0.29, 0.717) is 47.5 Å². The highest BCUT2D eigenvalue weighted by Gasteiger charge is 2.37. The normalized spacial score (nSPS) is 19.0. The summed E-state index contributed by atoms with van der Waals surface area (Å²) in [4.78, 5) is 27.4. The summed E-state index contributed by atoms with van der Waals surface area (Å²) >= 11 is 0. The first kappa shape index (κ1) is 25.7. The van der Waals surface area contributed by atoms with E-state index in [9.17, 15) is 23.1 Å². The number of nitrogens with zero attached hydrogens (tertiary/aromatic N) is 5. The number of carbonyl (C=O) groups is 1. The van der Waals surface area contributed by atoms with Crippen LogP contribution in [0.5, 0.6) is 11.6 Å². The number of carbonyl (C=O) groups excluding carboxylic acids is 1. The average molecular weight is 542 g/mol. The van der Waals surface area contributed by atoms with E-state index in [1.807, 2.05) is 9.47 Å². The smallest absolute Gasteiger partial charge is 0.493 e. The molecule has 2 saturated heterocycles. The molecule has 0 bridgehead atoms. The molecule has 206 valence electrons. The molecule has 6 rings (SSSR count). The lowest BCUT2D eigenvalue weighted by molar-refractivity contribution is -0.274. The lowest BCUT2D eigenvalue weighted by atomic mass is 10.0. The Hall–Kier alpha value is -3.60. The van der Waals surface area contributed by atoms with Crippen molar-refractivity contribution >= 4 is 5.91 Å². The van der Waals surface area contributed by atoms with Gasteiger partial charge in [0.2, 0.25) is 5.88 Å². The number of aromatic hydroxyl groups is 1. The van der Waals surface area contributed by atoms with Crippen molar-refractivity contribution in [3.05, 3.63) is 48.3 Å². The predicted octanol–water partition coefficient (Wildman–Crippen LogP) is 5.25. The first-order valence-electron chi connectivity index (χ1n) is 13.4. The van der Waals surface area contributed by atoms with Crippen molar-refractivity contribution in [2.24, 2.45) is 0 Å². The first-order chi connectivity index (χ1) is 18.8. The molecule has 1 aromatic carbocycles. The molecule has 1 aliphatic carbocycles. The molecule has 0 spiro atoms. The number of benzene rings is 1. The second-order valence-electron chi connectivity index (χ2n) is 10.5. The molecule has 3 aliphatic rings. The number of pyridine rings is 1. The quantitative estimate of drug-likeness (QED) is 0.459. The van der Waals surface area contributed by atoms with E-state index in [2.05, 4.69) is 14.6 Å². The predicted molar refractivity (Wildman–Crippen MR) is 137 cm³/mol. The summed E-state index contributed by atoms with van der Waals surface area (Å²) < 4.78 is 44.0. The lowest BCUT2D eigenvalue weighted by Gasteiger charge is -2.36. The summed E-state index contributed by atoms with van der Waals surface area (Å²) in [6.07, 6.45) is 2.77. The van der Waals surface area contributed by atoms with Crippen LogP contribution in [0.4, 0.5) is 13.2 Å². The van der Waals surface area contributed by atoms with Crippen molar-refractivity contribution in [3.63, 3.8) is 0 Å². The molecule has 2 aliphatic heterocycles. The van der Waals surface area contributed by atoms with E-state index in [4.69, 9.17) is 4.98 Å². The van der Waals surface area contributed by atoms with Crippen LogP contribution in [0.25, 0.3) is 22.6 Å². The number of alkyl halides is 3. The summed E-state index contributed by atoms with van der Waals surface area (Å²) in [5.74, 6) is -0.0660. The molecule has 4 heterocycles. The van der Waals surface area contributed by atoms with E-state index in [0.717, 1.165) is 38.8 Å². The minimum atomic E-state index is -4.78. The van der Waals surface area contributed by atoms with E-state index in [1.165, 1.54) is 49.4 Å². The molecule has 0 radical (unpaired) electrons. The van der Waals surface area contributed by atoms with Gasteiger partial charge in [-0.2, -0.15) is 0 Å². The number of piperidine rings is 1. The molecule has 0 atom stereocenters. The standard InChI is InChI=1S/C28H30F3N5O3/c29-28(30,31)39-22-8-3-18(4-9-22)26-33-24(19-5-10-23(37)32-17-19)25(36(26)21-6-7-21)27(38)35-15-11-20(12-16-35)34-13-1-2-14-34/h3-5,8-10,17,20-21H,1-2,6-7,11-16H2,(H,32,37). The Balaban J connectivity index is 1.36. The van der Waals surface area contributed by atoms with Gasteiger partial charge in [0.05, 0.1) is 0 Å². The molecule has 1 saturated carbocycles. The van der Waals surface area contributed by atoms with E-state index in [1.54, 1.807) is 6.07 Å². The third-order valence-corrected chi connectivity index (χ3v) is 7.80. The molecule has 0 unspecified atom stereocenters. The number of imidazole rings is 1. The molecular weight excluding hydrogens is 511 g/mol. The Kier molecular flexibility index (Phi) is 6.70. The van der Waals surface area contributed by atoms with Gasteiger partial charge < -0.3 is 24.2 Å². The largest absolute Gasteiger partial charge is 0.573 e. The van der Waals surface area contributed by atoms with E-state index >= 15 is 0 Å². The molecule has 2 aromatic heterocycles. The highest BCUT2D eigenvalue weighted by atomic mass is 19.4. The van der Waals surface area contributed by atoms with Crippen LogP contribution in [0.1, 0.15) is 55.1 Å². The zero-order chi connectivity index (χ0) is 27.1. The van der Waals surface area contributed by atoms with E-state index < -0.39 is 6.36 Å². The van der Waals surface area contributed by atoms with Crippen LogP contribution in [-0.4, -0.2) is 73.9 Å². The first-order valence-corrected chi connectivity index (χ1v) is 13.4. The van der Waals surface area contributed by atoms with Gasteiger partial charge in [0.15, 0.2) is 0 Å². The topological polar surface area (TPSA) is 83.7 Å². The van der Waals surface area contributed by atoms with Gasteiger partial charge in [0.25, 0.3) is 5.91 Å². The number of ether oxygens (including phenoxy) is 1. The second kappa shape index (κ2) is 10.2.